The third-order valence-corrected chi connectivity index (χ3v) is 3.75. The Labute approximate surface area is 114 Å². The van der Waals surface area contributed by atoms with E-state index in [9.17, 15) is 9.18 Å². The van der Waals surface area contributed by atoms with Gasteiger partial charge in [-0.15, -0.1) is 0 Å². The summed E-state index contributed by atoms with van der Waals surface area (Å²) in [6.45, 7) is 1.42. The molecule has 0 heterocycles. The van der Waals surface area contributed by atoms with E-state index in [4.69, 9.17) is 0 Å². The summed E-state index contributed by atoms with van der Waals surface area (Å²) in [5.41, 5.74) is 0.352. The van der Waals surface area contributed by atoms with Crippen molar-refractivity contribution in [2.24, 2.45) is 0 Å². The smallest absolute Gasteiger partial charge is 0.251 e. The highest BCUT2D eigenvalue weighted by Gasteiger charge is 2.25. The number of rotatable bonds is 5. The van der Waals surface area contributed by atoms with E-state index in [1.54, 1.807) is 12.1 Å². The van der Waals surface area contributed by atoms with Crippen LogP contribution in [-0.4, -0.2) is 37.0 Å². The molecule has 0 aromatic heterocycles. The largest absolute Gasteiger partial charge is 0.351 e. The van der Waals surface area contributed by atoms with Crippen molar-refractivity contribution in [3.8, 4) is 0 Å². The molecule has 0 aliphatic heterocycles. The summed E-state index contributed by atoms with van der Waals surface area (Å²) in [6, 6.07) is 5.07. The van der Waals surface area contributed by atoms with Crippen LogP contribution in [0.3, 0.4) is 0 Å². The molecule has 1 N–H and O–H groups in total. The molecule has 0 spiro atoms. The Hall–Kier alpha value is -0.940. The molecule has 98 valence electrons. The maximum atomic E-state index is 13.3. The summed E-state index contributed by atoms with van der Waals surface area (Å²) in [5, 5.41) is 2.80. The van der Waals surface area contributed by atoms with Crippen molar-refractivity contribution in [1.82, 2.24) is 10.2 Å². The van der Waals surface area contributed by atoms with E-state index in [-0.39, 0.29) is 5.91 Å². The first-order chi connectivity index (χ1) is 8.58. The fourth-order valence-corrected chi connectivity index (χ4v) is 2.03. The molecule has 1 aromatic carbocycles. The Balaban J connectivity index is 1.81. The SMILES string of the molecule is CN(CCNC(=O)c1ccc(Br)c(F)c1)C1CC1. The molecule has 0 bridgehead atoms. The molecule has 0 atom stereocenters. The molecule has 5 heteroatoms. The van der Waals surface area contributed by atoms with E-state index < -0.39 is 5.82 Å². The number of halogens is 2. The van der Waals surface area contributed by atoms with Crippen LogP contribution in [0.2, 0.25) is 0 Å². The second-order valence-corrected chi connectivity index (χ2v) is 5.45. The number of likely N-dealkylation sites (N-methyl/N-ethyl adjacent to an activating group) is 1. The first-order valence-electron chi connectivity index (χ1n) is 6.01. The minimum atomic E-state index is -0.419. The van der Waals surface area contributed by atoms with E-state index in [1.807, 2.05) is 0 Å². The molecule has 0 radical (unpaired) electrons. The number of hydrogen-bond donors (Lipinski definition) is 1. The topological polar surface area (TPSA) is 32.3 Å². The highest BCUT2D eigenvalue weighted by atomic mass is 79.9. The molecule has 1 aliphatic rings. The summed E-state index contributed by atoms with van der Waals surface area (Å²) >= 11 is 3.06. The van der Waals surface area contributed by atoms with E-state index in [0.29, 0.717) is 22.6 Å². The quantitative estimate of drug-likeness (QED) is 0.905. The number of nitrogens with one attached hydrogen (secondary N) is 1. The lowest BCUT2D eigenvalue weighted by Gasteiger charge is -2.15. The third kappa shape index (κ3) is 3.53. The van der Waals surface area contributed by atoms with Gasteiger partial charge in [-0.05, 0) is 54.0 Å². The lowest BCUT2D eigenvalue weighted by atomic mass is 10.2. The average molecular weight is 315 g/mol. The molecule has 0 unspecified atom stereocenters. The van der Waals surface area contributed by atoms with Gasteiger partial charge in [-0.3, -0.25) is 4.79 Å². The fraction of sp³-hybridized carbons (Fsp3) is 0.462. The molecule has 1 aliphatic carbocycles. The highest BCUT2D eigenvalue weighted by Crippen LogP contribution is 2.24. The van der Waals surface area contributed by atoms with E-state index in [0.717, 1.165) is 6.54 Å². The summed E-state index contributed by atoms with van der Waals surface area (Å²) in [7, 11) is 2.06. The van der Waals surface area contributed by atoms with Gasteiger partial charge in [0.15, 0.2) is 0 Å². The predicted molar refractivity (Wildman–Crippen MR) is 72.1 cm³/mol. The molecular weight excluding hydrogens is 299 g/mol. The van der Waals surface area contributed by atoms with Gasteiger partial charge in [0.2, 0.25) is 0 Å². The number of benzene rings is 1. The van der Waals surface area contributed by atoms with Crippen molar-refractivity contribution in [2.75, 3.05) is 20.1 Å². The Morgan fingerprint density at radius 3 is 2.89 bits per heavy atom. The lowest BCUT2D eigenvalue weighted by Crippen LogP contribution is -2.34. The number of carbonyl (C=O) groups is 1. The van der Waals surface area contributed by atoms with Gasteiger partial charge >= 0.3 is 0 Å². The van der Waals surface area contributed by atoms with Crippen LogP contribution in [0.5, 0.6) is 0 Å². The van der Waals surface area contributed by atoms with Gasteiger partial charge in [-0.2, -0.15) is 0 Å². The van der Waals surface area contributed by atoms with Gasteiger partial charge in [0.1, 0.15) is 5.82 Å². The van der Waals surface area contributed by atoms with Crippen LogP contribution in [0.4, 0.5) is 4.39 Å². The molecule has 0 saturated heterocycles. The summed E-state index contributed by atoms with van der Waals surface area (Å²) < 4.78 is 13.6. The molecule has 1 aromatic rings. The van der Waals surface area contributed by atoms with E-state index in [1.165, 1.54) is 18.9 Å². The minimum Gasteiger partial charge on any atom is -0.351 e. The average Bonchev–Trinajstić information content (AvgIpc) is 3.16. The zero-order valence-electron chi connectivity index (χ0n) is 10.2. The van der Waals surface area contributed by atoms with Crippen molar-refractivity contribution < 1.29 is 9.18 Å². The maximum absolute atomic E-state index is 13.3. The first-order valence-corrected chi connectivity index (χ1v) is 6.80. The zero-order chi connectivity index (χ0) is 13.1. The number of nitrogens with zero attached hydrogens (tertiary/aromatic N) is 1. The normalized spacial score (nSPS) is 14.9. The number of amides is 1. The monoisotopic (exact) mass is 314 g/mol. The Bertz CT molecular complexity index is 449. The molecule has 3 nitrogen and oxygen atoms in total. The number of carbonyl (C=O) groups excluding carboxylic acids is 1. The van der Waals surface area contributed by atoms with Crippen LogP contribution in [-0.2, 0) is 0 Å². The minimum absolute atomic E-state index is 0.231. The van der Waals surface area contributed by atoms with Crippen LogP contribution in [0, 0.1) is 5.82 Å². The van der Waals surface area contributed by atoms with Crippen LogP contribution in [0.25, 0.3) is 0 Å². The van der Waals surface area contributed by atoms with E-state index >= 15 is 0 Å². The second-order valence-electron chi connectivity index (χ2n) is 4.60. The Morgan fingerprint density at radius 2 is 2.28 bits per heavy atom. The van der Waals surface area contributed by atoms with Crippen molar-refractivity contribution in [2.45, 2.75) is 18.9 Å². The fourth-order valence-electron chi connectivity index (χ4n) is 1.78. The zero-order valence-corrected chi connectivity index (χ0v) is 11.8. The Morgan fingerprint density at radius 1 is 1.56 bits per heavy atom. The van der Waals surface area contributed by atoms with Gasteiger partial charge < -0.3 is 10.2 Å². The van der Waals surface area contributed by atoms with Crippen molar-refractivity contribution in [3.05, 3.63) is 34.1 Å². The summed E-state index contributed by atoms with van der Waals surface area (Å²) in [5.74, 6) is -0.650. The van der Waals surface area contributed by atoms with Gasteiger partial charge in [0.25, 0.3) is 5.91 Å². The van der Waals surface area contributed by atoms with Crippen LogP contribution in [0.15, 0.2) is 22.7 Å². The third-order valence-electron chi connectivity index (χ3n) is 3.10. The van der Waals surface area contributed by atoms with Crippen molar-refractivity contribution in [1.29, 1.82) is 0 Å². The molecule has 1 amide bonds. The van der Waals surface area contributed by atoms with Crippen LogP contribution >= 0.6 is 15.9 Å². The van der Waals surface area contributed by atoms with Gasteiger partial charge in [0.05, 0.1) is 4.47 Å². The standard InChI is InChI=1S/C13H16BrFN2O/c1-17(10-3-4-10)7-6-16-13(18)9-2-5-11(14)12(15)8-9/h2,5,8,10H,3-4,6-7H2,1H3,(H,16,18). The van der Waals surface area contributed by atoms with E-state index in [2.05, 4.69) is 33.2 Å². The predicted octanol–water partition coefficient (Wildman–Crippen LogP) is 2.41. The first kappa shape index (κ1) is 13.5. The molecule has 1 saturated carbocycles. The van der Waals surface area contributed by atoms with Crippen LogP contribution < -0.4 is 5.32 Å². The summed E-state index contributed by atoms with van der Waals surface area (Å²) in [4.78, 5) is 14.0. The second kappa shape index (κ2) is 5.80. The molecule has 1 fully saturated rings. The lowest BCUT2D eigenvalue weighted by molar-refractivity contribution is 0.0949. The number of hydrogen-bond acceptors (Lipinski definition) is 2. The molecular formula is C13H16BrFN2O. The molecule has 18 heavy (non-hydrogen) atoms. The van der Waals surface area contributed by atoms with Gasteiger partial charge in [0, 0.05) is 24.7 Å². The highest BCUT2D eigenvalue weighted by molar-refractivity contribution is 9.10. The van der Waals surface area contributed by atoms with Crippen molar-refractivity contribution in [3.63, 3.8) is 0 Å². The molecule has 2 rings (SSSR count). The van der Waals surface area contributed by atoms with Gasteiger partial charge in [-0.1, -0.05) is 0 Å². The summed E-state index contributed by atoms with van der Waals surface area (Å²) in [6.07, 6.45) is 2.50. The van der Waals surface area contributed by atoms with Crippen LogP contribution in [0.1, 0.15) is 23.2 Å². The Kier molecular flexibility index (Phi) is 4.35. The maximum Gasteiger partial charge on any atom is 0.251 e. The van der Waals surface area contributed by atoms with Crippen molar-refractivity contribution >= 4 is 21.8 Å². The van der Waals surface area contributed by atoms with Gasteiger partial charge in [-0.25, -0.2) is 4.39 Å².